The van der Waals surface area contributed by atoms with E-state index in [2.05, 4.69) is 5.32 Å². The van der Waals surface area contributed by atoms with Crippen molar-refractivity contribution >= 4 is 11.6 Å². The fraction of sp³-hybridized carbons (Fsp3) is 0.538. The third-order valence-electron chi connectivity index (χ3n) is 3.22. The predicted molar refractivity (Wildman–Crippen MR) is 67.4 cm³/mol. The lowest BCUT2D eigenvalue weighted by Gasteiger charge is -2.35. The van der Waals surface area contributed by atoms with Crippen molar-refractivity contribution < 1.29 is 4.74 Å². The topological polar surface area (TPSA) is 21.3 Å². The summed E-state index contributed by atoms with van der Waals surface area (Å²) in [5.41, 5.74) is 2.17. The van der Waals surface area contributed by atoms with Gasteiger partial charge in [-0.15, -0.1) is 0 Å². The molecule has 1 saturated carbocycles. The minimum absolute atomic E-state index is 0.359. The monoisotopic (exact) mass is 239 g/mol. The largest absolute Gasteiger partial charge is 0.490 e. The number of hydrogen-bond acceptors (Lipinski definition) is 2. The molecule has 88 valence electrons. The minimum Gasteiger partial charge on any atom is -0.490 e. The number of aryl methyl sites for hydroxylation is 2. The minimum atomic E-state index is 0.359. The van der Waals surface area contributed by atoms with E-state index in [1.165, 1.54) is 0 Å². The maximum Gasteiger partial charge on any atom is 0.120 e. The van der Waals surface area contributed by atoms with Crippen LogP contribution in [0, 0.1) is 13.8 Å². The highest BCUT2D eigenvalue weighted by atomic mass is 35.5. The van der Waals surface area contributed by atoms with Crippen LogP contribution in [0.25, 0.3) is 0 Å². The molecule has 1 aromatic carbocycles. The molecule has 0 amide bonds. The zero-order chi connectivity index (χ0) is 11.7. The molecule has 1 fully saturated rings. The molecule has 16 heavy (non-hydrogen) atoms. The van der Waals surface area contributed by atoms with E-state index in [4.69, 9.17) is 16.3 Å². The molecular formula is C13H18ClNO. The Hall–Kier alpha value is -0.730. The standard InChI is InChI=1S/C13H18ClNO/c1-8-4-11(5-9(2)13(8)14)16-12-6-10(7-12)15-3/h4-5,10,12,15H,6-7H2,1-3H3. The van der Waals surface area contributed by atoms with Crippen molar-refractivity contribution in [2.75, 3.05) is 7.05 Å². The highest BCUT2D eigenvalue weighted by Crippen LogP contribution is 2.30. The summed E-state index contributed by atoms with van der Waals surface area (Å²) in [7, 11) is 2.00. The molecule has 0 saturated heterocycles. The molecule has 0 aromatic heterocycles. The van der Waals surface area contributed by atoms with Gasteiger partial charge in [-0.25, -0.2) is 0 Å². The Bertz CT molecular complexity index is 363. The van der Waals surface area contributed by atoms with E-state index < -0.39 is 0 Å². The molecule has 0 radical (unpaired) electrons. The molecule has 0 bridgehead atoms. The Kier molecular flexibility index (Phi) is 3.41. The van der Waals surface area contributed by atoms with Gasteiger partial charge >= 0.3 is 0 Å². The molecule has 2 nitrogen and oxygen atoms in total. The summed E-state index contributed by atoms with van der Waals surface area (Å²) < 4.78 is 5.90. The quantitative estimate of drug-likeness (QED) is 0.875. The Morgan fingerprint density at radius 1 is 1.25 bits per heavy atom. The van der Waals surface area contributed by atoms with Gasteiger partial charge in [0.1, 0.15) is 11.9 Å². The Labute approximate surface area is 102 Å². The van der Waals surface area contributed by atoms with Crippen LogP contribution in [0.4, 0.5) is 0 Å². The summed E-state index contributed by atoms with van der Waals surface area (Å²) in [5.74, 6) is 0.943. The normalized spacial score (nSPS) is 24.0. The van der Waals surface area contributed by atoms with E-state index >= 15 is 0 Å². The van der Waals surface area contributed by atoms with Crippen LogP contribution in [0.2, 0.25) is 5.02 Å². The van der Waals surface area contributed by atoms with Crippen LogP contribution in [0.15, 0.2) is 12.1 Å². The average molecular weight is 240 g/mol. The van der Waals surface area contributed by atoms with Crippen LogP contribution < -0.4 is 10.1 Å². The summed E-state index contributed by atoms with van der Waals surface area (Å²) in [5, 5.41) is 4.09. The number of rotatable bonds is 3. The van der Waals surface area contributed by atoms with Crippen LogP contribution in [-0.4, -0.2) is 19.2 Å². The first-order valence-corrected chi connectivity index (χ1v) is 6.08. The van der Waals surface area contributed by atoms with Gasteiger partial charge in [0.15, 0.2) is 0 Å². The van der Waals surface area contributed by atoms with Gasteiger partial charge in [-0.2, -0.15) is 0 Å². The number of halogens is 1. The predicted octanol–water partition coefficient (Wildman–Crippen LogP) is 3.09. The summed E-state index contributed by atoms with van der Waals surface area (Å²) in [4.78, 5) is 0. The SMILES string of the molecule is CNC1CC(Oc2cc(C)c(Cl)c(C)c2)C1. The molecule has 1 aliphatic carbocycles. The second-order valence-corrected chi connectivity index (χ2v) is 4.95. The van der Waals surface area contributed by atoms with Gasteiger partial charge < -0.3 is 10.1 Å². The third-order valence-corrected chi connectivity index (χ3v) is 3.81. The molecular weight excluding hydrogens is 222 g/mol. The van der Waals surface area contributed by atoms with Crippen LogP contribution in [-0.2, 0) is 0 Å². The maximum absolute atomic E-state index is 6.11. The van der Waals surface area contributed by atoms with Gasteiger partial charge in [-0.05, 0) is 57.0 Å². The van der Waals surface area contributed by atoms with E-state index in [-0.39, 0.29) is 0 Å². The van der Waals surface area contributed by atoms with E-state index in [0.29, 0.717) is 12.1 Å². The maximum atomic E-state index is 6.11. The second kappa shape index (κ2) is 4.64. The van der Waals surface area contributed by atoms with Gasteiger partial charge in [0, 0.05) is 11.1 Å². The van der Waals surface area contributed by atoms with E-state index in [1.807, 2.05) is 33.0 Å². The molecule has 0 unspecified atom stereocenters. The van der Waals surface area contributed by atoms with Crippen molar-refractivity contribution in [3.8, 4) is 5.75 Å². The van der Waals surface area contributed by atoms with Crippen molar-refractivity contribution in [3.63, 3.8) is 0 Å². The van der Waals surface area contributed by atoms with Crippen LogP contribution >= 0.6 is 11.6 Å². The number of benzene rings is 1. The van der Waals surface area contributed by atoms with Gasteiger partial charge in [0.2, 0.25) is 0 Å². The van der Waals surface area contributed by atoms with E-state index in [0.717, 1.165) is 34.7 Å². The van der Waals surface area contributed by atoms with Crippen molar-refractivity contribution in [1.82, 2.24) is 5.32 Å². The summed E-state index contributed by atoms with van der Waals surface area (Å²) in [6.45, 7) is 4.03. The fourth-order valence-electron chi connectivity index (χ4n) is 2.06. The van der Waals surface area contributed by atoms with Crippen molar-refractivity contribution in [1.29, 1.82) is 0 Å². The first-order valence-electron chi connectivity index (χ1n) is 5.71. The lowest BCUT2D eigenvalue weighted by atomic mass is 9.89. The van der Waals surface area contributed by atoms with Crippen LogP contribution in [0.1, 0.15) is 24.0 Å². The fourth-order valence-corrected chi connectivity index (χ4v) is 2.17. The first kappa shape index (κ1) is 11.7. The van der Waals surface area contributed by atoms with Crippen molar-refractivity contribution in [3.05, 3.63) is 28.3 Å². The molecule has 0 atom stereocenters. The van der Waals surface area contributed by atoms with Crippen molar-refractivity contribution in [2.24, 2.45) is 0 Å². The molecule has 0 aliphatic heterocycles. The molecule has 0 spiro atoms. The summed E-state index contributed by atoms with van der Waals surface area (Å²) in [6.07, 6.45) is 2.55. The third kappa shape index (κ3) is 2.33. The number of ether oxygens (including phenoxy) is 1. The smallest absolute Gasteiger partial charge is 0.120 e. The van der Waals surface area contributed by atoms with Gasteiger partial charge in [-0.3, -0.25) is 0 Å². The van der Waals surface area contributed by atoms with E-state index in [1.54, 1.807) is 0 Å². The Morgan fingerprint density at radius 3 is 2.31 bits per heavy atom. The van der Waals surface area contributed by atoms with Gasteiger partial charge in [-0.1, -0.05) is 11.6 Å². The van der Waals surface area contributed by atoms with Crippen LogP contribution in [0.3, 0.4) is 0 Å². The zero-order valence-electron chi connectivity index (χ0n) is 10.0. The van der Waals surface area contributed by atoms with Gasteiger partial charge in [0.25, 0.3) is 0 Å². The van der Waals surface area contributed by atoms with Crippen molar-refractivity contribution in [2.45, 2.75) is 38.8 Å². The molecule has 1 N–H and O–H groups in total. The highest BCUT2D eigenvalue weighted by molar-refractivity contribution is 6.32. The highest BCUT2D eigenvalue weighted by Gasteiger charge is 2.29. The second-order valence-electron chi connectivity index (χ2n) is 4.57. The molecule has 1 aromatic rings. The first-order chi connectivity index (χ1) is 7.60. The molecule has 1 aliphatic rings. The molecule has 2 rings (SSSR count). The lowest BCUT2D eigenvalue weighted by Crippen LogP contribution is -2.45. The Morgan fingerprint density at radius 2 is 1.81 bits per heavy atom. The van der Waals surface area contributed by atoms with Crippen LogP contribution in [0.5, 0.6) is 5.75 Å². The Balaban J connectivity index is 2.01. The molecule has 0 heterocycles. The number of hydrogen-bond donors (Lipinski definition) is 1. The summed E-state index contributed by atoms with van der Waals surface area (Å²) >= 11 is 6.11. The number of nitrogens with one attached hydrogen (secondary N) is 1. The molecule has 3 heteroatoms. The zero-order valence-corrected chi connectivity index (χ0v) is 10.8. The van der Waals surface area contributed by atoms with Gasteiger partial charge in [0.05, 0.1) is 0 Å². The van der Waals surface area contributed by atoms with E-state index in [9.17, 15) is 0 Å². The lowest BCUT2D eigenvalue weighted by molar-refractivity contribution is 0.0884. The average Bonchev–Trinajstić information content (AvgIpc) is 2.19. The summed E-state index contributed by atoms with van der Waals surface area (Å²) in [6, 6.07) is 4.66.